The van der Waals surface area contributed by atoms with E-state index >= 15 is 0 Å². The summed E-state index contributed by atoms with van der Waals surface area (Å²) in [5, 5.41) is 0. The van der Waals surface area contributed by atoms with Gasteiger partial charge in [-0.15, -0.1) is 0 Å². The Morgan fingerprint density at radius 2 is 2.10 bits per heavy atom. The molecule has 4 nitrogen and oxygen atoms in total. The minimum absolute atomic E-state index is 0.479. The van der Waals surface area contributed by atoms with E-state index in [1.807, 2.05) is 43.3 Å². The number of fused-ring (bicyclic) bond motifs is 1. The van der Waals surface area contributed by atoms with Crippen molar-refractivity contribution in [3.05, 3.63) is 60.7 Å². The molecule has 0 spiro atoms. The number of rotatable bonds is 3. The van der Waals surface area contributed by atoms with Gasteiger partial charge in [-0.3, -0.25) is 0 Å². The van der Waals surface area contributed by atoms with Gasteiger partial charge >= 0.3 is 5.97 Å². The number of oxazole rings is 1. The lowest BCUT2D eigenvalue weighted by Crippen LogP contribution is -2.04. The summed E-state index contributed by atoms with van der Waals surface area (Å²) in [4.78, 5) is 15.7. The summed E-state index contributed by atoms with van der Waals surface area (Å²) in [6.07, 6.45) is 1.13. The van der Waals surface area contributed by atoms with Gasteiger partial charge in [0, 0.05) is 11.6 Å². The normalized spacial score (nSPS) is 10.5. The number of esters is 1. The fraction of sp³-hybridized carbons (Fsp3) is 0.0588. The topological polar surface area (TPSA) is 52.3 Å². The van der Waals surface area contributed by atoms with Crippen molar-refractivity contribution < 1.29 is 13.9 Å². The molecule has 0 N–H and O–H groups in total. The van der Waals surface area contributed by atoms with Gasteiger partial charge in [-0.1, -0.05) is 18.7 Å². The molecule has 3 rings (SSSR count). The van der Waals surface area contributed by atoms with Gasteiger partial charge in [0.25, 0.3) is 0 Å². The van der Waals surface area contributed by atoms with Crippen LogP contribution in [0, 0.1) is 6.92 Å². The van der Waals surface area contributed by atoms with E-state index in [1.165, 1.54) is 0 Å². The first-order valence-corrected chi connectivity index (χ1v) is 6.48. The Kier molecular flexibility index (Phi) is 3.28. The average Bonchev–Trinajstić information content (AvgIpc) is 2.93. The van der Waals surface area contributed by atoms with Crippen molar-refractivity contribution in [3.8, 4) is 17.2 Å². The predicted octanol–water partition coefficient (Wildman–Crippen LogP) is 3.89. The van der Waals surface area contributed by atoms with Crippen LogP contribution < -0.4 is 4.74 Å². The van der Waals surface area contributed by atoms with Crippen molar-refractivity contribution in [3.63, 3.8) is 0 Å². The van der Waals surface area contributed by atoms with Gasteiger partial charge in [0.15, 0.2) is 5.58 Å². The molecule has 0 saturated carbocycles. The molecule has 0 radical (unpaired) electrons. The number of hydrogen-bond acceptors (Lipinski definition) is 4. The third kappa shape index (κ3) is 2.56. The fourth-order valence-corrected chi connectivity index (χ4v) is 2.04. The van der Waals surface area contributed by atoms with E-state index in [2.05, 4.69) is 11.6 Å². The molecule has 0 atom stereocenters. The van der Waals surface area contributed by atoms with E-state index in [0.29, 0.717) is 11.6 Å². The highest BCUT2D eigenvalue weighted by molar-refractivity contribution is 5.83. The first-order chi connectivity index (χ1) is 10.2. The maximum Gasteiger partial charge on any atom is 0.335 e. The standard InChI is InChI=1S/C17H13NO3/c1-3-16(19)20-14-9-8-12(10-11(14)2)17-18-13-6-4-5-7-15(13)21-17/h3-10H,1H2,2H3. The smallest absolute Gasteiger partial charge is 0.335 e. The Hall–Kier alpha value is -2.88. The molecule has 4 heteroatoms. The molecule has 2 aromatic carbocycles. The van der Waals surface area contributed by atoms with Gasteiger partial charge in [-0.25, -0.2) is 9.78 Å². The number of carbonyl (C=O) groups is 1. The quantitative estimate of drug-likeness (QED) is 0.414. The van der Waals surface area contributed by atoms with Crippen LogP contribution in [-0.2, 0) is 4.79 Å². The van der Waals surface area contributed by atoms with Gasteiger partial charge < -0.3 is 9.15 Å². The fourth-order valence-electron chi connectivity index (χ4n) is 2.04. The summed E-state index contributed by atoms with van der Waals surface area (Å²) >= 11 is 0. The zero-order chi connectivity index (χ0) is 14.8. The Morgan fingerprint density at radius 3 is 2.81 bits per heavy atom. The molecule has 0 fully saturated rings. The number of ether oxygens (including phenoxy) is 1. The molecule has 0 aliphatic rings. The van der Waals surface area contributed by atoms with E-state index in [-0.39, 0.29) is 0 Å². The van der Waals surface area contributed by atoms with Gasteiger partial charge in [-0.2, -0.15) is 0 Å². The largest absolute Gasteiger partial charge is 0.436 e. The molecule has 0 aliphatic heterocycles. The van der Waals surface area contributed by atoms with Crippen LogP contribution in [0.1, 0.15) is 5.56 Å². The second kappa shape index (κ2) is 5.25. The Balaban J connectivity index is 1.97. The van der Waals surface area contributed by atoms with Crippen molar-refractivity contribution in [2.24, 2.45) is 0 Å². The number of benzene rings is 2. The number of para-hydroxylation sites is 2. The summed E-state index contributed by atoms with van der Waals surface area (Å²) in [6.45, 7) is 5.24. The maximum atomic E-state index is 11.2. The lowest BCUT2D eigenvalue weighted by Gasteiger charge is -2.06. The zero-order valence-electron chi connectivity index (χ0n) is 11.5. The predicted molar refractivity (Wildman–Crippen MR) is 80.0 cm³/mol. The van der Waals surface area contributed by atoms with Crippen LogP contribution in [0.25, 0.3) is 22.6 Å². The third-order valence-electron chi connectivity index (χ3n) is 3.09. The Labute approximate surface area is 121 Å². The lowest BCUT2D eigenvalue weighted by molar-refractivity contribution is -0.129. The van der Waals surface area contributed by atoms with Crippen molar-refractivity contribution >= 4 is 17.1 Å². The van der Waals surface area contributed by atoms with Crippen molar-refractivity contribution in [2.45, 2.75) is 6.92 Å². The van der Waals surface area contributed by atoms with Crippen LogP contribution in [0.15, 0.2) is 59.5 Å². The summed E-state index contributed by atoms with van der Waals surface area (Å²) in [5.74, 6) is 0.563. The van der Waals surface area contributed by atoms with E-state index in [0.717, 1.165) is 28.3 Å². The molecular weight excluding hydrogens is 266 g/mol. The highest BCUT2D eigenvalue weighted by Crippen LogP contribution is 2.28. The molecule has 21 heavy (non-hydrogen) atoms. The van der Waals surface area contributed by atoms with Crippen LogP contribution >= 0.6 is 0 Å². The average molecular weight is 279 g/mol. The molecule has 0 amide bonds. The molecule has 3 aromatic rings. The first-order valence-electron chi connectivity index (χ1n) is 6.48. The van der Waals surface area contributed by atoms with Crippen LogP contribution in [0.2, 0.25) is 0 Å². The van der Waals surface area contributed by atoms with Crippen molar-refractivity contribution in [1.29, 1.82) is 0 Å². The number of carbonyl (C=O) groups excluding carboxylic acids is 1. The Bertz CT molecular complexity index is 800. The van der Waals surface area contributed by atoms with Crippen LogP contribution in [-0.4, -0.2) is 11.0 Å². The van der Waals surface area contributed by atoms with Gasteiger partial charge in [0.05, 0.1) is 0 Å². The maximum absolute atomic E-state index is 11.2. The molecule has 1 heterocycles. The van der Waals surface area contributed by atoms with E-state index < -0.39 is 5.97 Å². The molecular formula is C17H13NO3. The molecule has 0 aliphatic carbocycles. The summed E-state index contributed by atoms with van der Waals surface area (Å²) < 4.78 is 10.9. The van der Waals surface area contributed by atoms with Crippen LogP contribution in [0.5, 0.6) is 5.75 Å². The van der Waals surface area contributed by atoms with Gasteiger partial charge in [0.1, 0.15) is 11.3 Å². The highest BCUT2D eigenvalue weighted by Gasteiger charge is 2.10. The molecule has 0 bridgehead atoms. The molecule has 0 saturated heterocycles. The molecule has 104 valence electrons. The van der Waals surface area contributed by atoms with E-state index in [4.69, 9.17) is 9.15 Å². The van der Waals surface area contributed by atoms with Crippen LogP contribution in [0.4, 0.5) is 0 Å². The monoisotopic (exact) mass is 279 g/mol. The second-order valence-electron chi connectivity index (χ2n) is 4.59. The Morgan fingerprint density at radius 1 is 1.29 bits per heavy atom. The van der Waals surface area contributed by atoms with E-state index in [1.54, 1.807) is 6.07 Å². The lowest BCUT2D eigenvalue weighted by atomic mass is 10.1. The van der Waals surface area contributed by atoms with Crippen molar-refractivity contribution in [1.82, 2.24) is 4.98 Å². The van der Waals surface area contributed by atoms with Gasteiger partial charge in [-0.05, 0) is 42.8 Å². The minimum Gasteiger partial charge on any atom is -0.436 e. The number of aromatic nitrogens is 1. The molecule has 0 unspecified atom stereocenters. The first kappa shape index (κ1) is 13.1. The van der Waals surface area contributed by atoms with Gasteiger partial charge in [0.2, 0.25) is 5.89 Å². The number of hydrogen-bond donors (Lipinski definition) is 0. The number of nitrogens with zero attached hydrogens (tertiary/aromatic N) is 1. The summed E-state index contributed by atoms with van der Waals surface area (Å²) in [7, 11) is 0. The SMILES string of the molecule is C=CC(=O)Oc1ccc(-c2nc3ccccc3o2)cc1C. The summed E-state index contributed by atoms with van der Waals surface area (Å²) in [6, 6.07) is 13.0. The molecule has 1 aromatic heterocycles. The minimum atomic E-state index is -0.479. The highest BCUT2D eigenvalue weighted by atomic mass is 16.5. The second-order valence-corrected chi connectivity index (χ2v) is 4.59. The number of aryl methyl sites for hydroxylation is 1. The zero-order valence-corrected chi connectivity index (χ0v) is 11.5. The summed E-state index contributed by atoms with van der Waals surface area (Å²) in [5.41, 5.74) is 3.21. The van der Waals surface area contributed by atoms with Crippen molar-refractivity contribution in [2.75, 3.05) is 0 Å². The van der Waals surface area contributed by atoms with E-state index in [9.17, 15) is 4.79 Å². The third-order valence-corrected chi connectivity index (χ3v) is 3.09. The van der Waals surface area contributed by atoms with Crippen LogP contribution in [0.3, 0.4) is 0 Å².